The van der Waals surface area contributed by atoms with E-state index in [0.717, 1.165) is 10.4 Å². The Bertz CT molecular complexity index is 693. The van der Waals surface area contributed by atoms with Crippen molar-refractivity contribution in [3.8, 4) is 0 Å². The molecule has 0 atom stereocenters. The Labute approximate surface area is 127 Å². The third kappa shape index (κ3) is 4.21. The van der Waals surface area contributed by atoms with E-state index in [1.54, 1.807) is 0 Å². The third-order valence-electron chi connectivity index (χ3n) is 2.93. The first-order chi connectivity index (χ1) is 9.78. The van der Waals surface area contributed by atoms with Gasteiger partial charge in [-0.3, -0.25) is 4.79 Å². The molecule has 9 heteroatoms. The topological polar surface area (TPSA) is 57.8 Å². The van der Waals surface area contributed by atoms with Crippen molar-refractivity contribution in [3.05, 3.63) is 26.6 Å². The number of nitrogens with one attached hydrogen (secondary N) is 2. The minimum absolute atomic E-state index is 0.0731. The first-order valence-corrected chi connectivity index (χ1v) is 7.98. The zero-order chi connectivity index (χ0) is 15.6. The molecule has 116 valence electrons. The van der Waals surface area contributed by atoms with Crippen LogP contribution in [0.5, 0.6) is 0 Å². The van der Waals surface area contributed by atoms with E-state index in [1.807, 2.05) is 13.8 Å². The average Bonchev–Trinajstić information content (AvgIpc) is 2.63. The molecule has 2 aromatic rings. The van der Waals surface area contributed by atoms with Gasteiger partial charge >= 0.3 is 5.51 Å². The monoisotopic (exact) mass is 337 g/mol. The predicted octanol–water partition coefficient (Wildman–Crippen LogP) is 2.94. The number of fused-ring (bicyclic) bond motifs is 1. The second-order valence-electron chi connectivity index (χ2n) is 4.45. The minimum atomic E-state index is -4.21. The smallest absolute Gasteiger partial charge is 0.309 e. The van der Waals surface area contributed by atoms with Gasteiger partial charge in [-0.25, -0.2) is 4.98 Å². The van der Waals surface area contributed by atoms with Gasteiger partial charge in [-0.1, -0.05) is 0 Å². The highest BCUT2D eigenvalue weighted by molar-refractivity contribution is 8.00. The number of halogens is 3. The highest BCUT2D eigenvalue weighted by Crippen LogP contribution is 2.29. The van der Waals surface area contributed by atoms with Crippen molar-refractivity contribution in [3.63, 3.8) is 0 Å². The van der Waals surface area contributed by atoms with Gasteiger partial charge in [0.2, 0.25) is 0 Å². The van der Waals surface area contributed by atoms with Gasteiger partial charge in [0.05, 0.1) is 11.9 Å². The number of thioether (sulfide) groups is 1. The first kappa shape index (κ1) is 16.3. The Balaban J connectivity index is 1.99. The van der Waals surface area contributed by atoms with Crippen molar-refractivity contribution in [1.29, 1.82) is 0 Å². The molecule has 0 saturated carbocycles. The number of aromatic nitrogens is 2. The van der Waals surface area contributed by atoms with Gasteiger partial charge in [0, 0.05) is 17.2 Å². The van der Waals surface area contributed by atoms with Crippen LogP contribution in [0.15, 0.2) is 4.79 Å². The van der Waals surface area contributed by atoms with Crippen LogP contribution in [0.4, 0.5) is 13.2 Å². The van der Waals surface area contributed by atoms with Crippen molar-refractivity contribution < 1.29 is 13.2 Å². The molecule has 0 bridgehead atoms. The van der Waals surface area contributed by atoms with Crippen LogP contribution in [0.1, 0.15) is 16.3 Å². The molecule has 0 aliphatic heterocycles. The Hall–Kier alpha value is -1.06. The molecule has 21 heavy (non-hydrogen) atoms. The van der Waals surface area contributed by atoms with E-state index in [-0.39, 0.29) is 36.2 Å². The molecular formula is C12H14F3N3OS2. The van der Waals surface area contributed by atoms with Crippen LogP contribution >= 0.6 is 23.1 Å². The van der Waals surface area contributed by atoms with Gasteiger partial charge in [-0.2, -0.15) is 13.2 Å². The number of H-pyrrole nitrogens is 1. The summed E-state index contributed by atoms with van der Waals surface area (Å²) >= 11 is 1.37. The molecule has 2 N–H and O–H groups in total. The number of hydrogen-bond acceptors (Lipinski definition) is 5. The van der Waals surface area contributed by atoms with Crippen LogP contribution in [0.25, 0.3) is 10.2 Å². The summed E-state index contributed by atoms with van der Waals surface area (Å²) in [6.07, 6.45) is 0. The Morgan fingerprint density at radius 3 is 2.76 bits per heavy atom. The lowest BCUT2D eigenvalue weighted by Crippen LogP contribution is -2.22. The zero-order valence-electron chi connectivity index (χ0n) is 11.4. The largest absolute Gasteiger partial charge is 0.441 e. The van der Waals surface area contributed by atoms with E-state index in [1.165, 1.54) is 11.3 Å². The lowest BCUT2D eigenvalue weighted by molar-refractivity contribution is -0.0327. The molecule has 0 spiro atoms. The zero-order valence-corrected chi connectivity index (χ0v) is 13.1. The maximum atomic E-state index is 12.0. The second kappa shape index (κ2) is 6.37. The Morgan fingerprint density at radius 1 is 1.38 bits per heavy atom. The SMILES string of the molecule is Cc1sc2nc(CNCCSC(F)(F)F)[nH]c(=O)c2c1C. The van der Waals surface area contributed by atoms with Crippen LogP contribution in [0.3, 0.4) is 0 Å². The summed E-state index contributed by atoms with van der Waals surface area (Å²) < 4.78 is 35.9. The Kier molecular flexibility index (Phi) is 4.95. The normalized spacial score (nSPS) is 12.2. The van der Waals surface area contributed by atoms with Crippen molar-refractivity contribution in [2.45, 2.75) is 25.9 Å². The van der Waals surface area contributed by atoms with Crippen LogP contribution < -0.4 is 10.9 Å². The van der Waals surface area contributed by atoms with Gasteiger partial charge in [-0.15, -0.1) is 11.3 Å². The van der Waals surface area contributed by atoms with Crippen LogP contribution in [-0.4, -0.2) is 27.8 Å². The van der Waals surface area contributed by atoms with Gasteiger partial charge in [-0.05, 0) is 31.2 Å². The van der Waals surface area contributed by atoms with E-state index >= 15 is 0 Å². The van der Waals surface area contributed by atoms with E-state index in [9.17, 15) is 18.0 Å². The second-order valence-corrected chi connectivity index (χ2v) is 6.81. The predicted molar refractivity (Wildman–Crippen MR) is 79.9 cm³/mol. The summed E-state index contributed by atoms with van der Waals surface area (Å²) in [5, 5.41) is 3.43. The van der Waals surface area contributed by atoms with Crippen LogP contribution in [-0.2, 0) is 6.54 Å². The summed E-state index contributed by atoms with van der Waals surface area (Å²) in [6, 6.07) is 0. The number of rotatable bonds is 5. The molecule has 2 heterocycles. The Morgan fingerprint density at radius 2 is 2.10 bits per heavy atom. The summed E-state index contributed by atoms with van der Waals surface area (Å²) in [6.45, 7) is 4.22. The number of alkyl halides is 3. The first-order valence-electron chi connectivity index (χ1n) is 6.18. The quantitative estimate of drug-likeness (QED) is 0.824. The van der Waals surface area contributed by atoms with Crippen LogP contribution in [0.2, 0.25) is 0 Å². The molecule has 0 aliphatic rings. The van der Waals surface area contributed by atoms with E-state index < -0.39 is 5.51 Å². The molecule has 2 rings (SSSR count). The summed E-state index contributed by atoms with van der Waals surface area (Å²) in [5.41, 5.74) is -3.49. The molecule has 0 aliphatic carbocycles. The fraction of sp³-hybridized carbons (Fsp3) is 0.500. The molecule has 0 amide bonds. The molecule has 0 radical (unpaired) electrons. The van der Waals surface area contributed by atoms with Crippen molar-refractivity contribution in [2.24, 2.45) is 0 Å². The number of aromatic amines is 1. The van der Waals surface area contributed by atoms with E-state index in [2.05, 4.69) is 15.3 Å². The molecular weight excluding hydrogens is 323 g/mol. The fourth-order valence-electron chi connectivity index (χ4n) is 1.83. The van der Waals surface area contributed by atoms with Crippen molar-refractivity contribution in [1.82, 2.24) is 15.3 Å². The van der Waals surface area contributed by atoms with Gasteiger partial charge in [0.25, 0.3) is 5.56 Å². The maximum absolute atomic E-state index is 12.0. The van der Waals surface area contributed by atoms with Gasteiger partial charge < -0.3 is 10.3 Å². The highest BCUT2D eigenvalue weighted by atomic mass is 32.2. The highest BCUT2D eigenvalue weighted by Gasteiger charge is 2.27. The molecule has 0 aromatic carbocycles. The molecule has 0 saturated heterocycles. The molecule has 0 unspecified atom stereocenters. The van der Waals surface area contributed by atoms with Gasteiger partial charge in [0.1, 0.15) is 10.7 Å². The van der Waals surface area contributed by atoms with E-state index in [0.29, 0.717) is 16.0 Å². The molecule has 4 nitrogen and oxygen atoms in total. The third-order valence-corrected chi connectivity index (χ3v) is 4.76. The fourth-order valence-corrected chi connectivity index (χ4v) is 3.36. The lowest BCUT2D eigenvalue weighted by atomic mass is 10.2. The molecule has 2 aromatic heterocycles. The number of nitrogens with zero attached hydrogens (tertiary/aromatic N) is 1. The lowest BCUT2D eigenvalue weighted by Gasteiger charge is -2.06. The maximum Gasteiger partial charge on any atom is 0.441 e. The van der Waals surface area contributed by atoms with Crippen molar-refractivity contribution in [2.75, 3.05) is 12.3 Å². The average molecular weight is 337 g/mol. The minimum Gasteiger partial charge on any atom is -0.309 e. The molecule has 0 fully saturated rings. The summed E-state index contributed by atoms with van der Waals surface area (Å²) in [5.74, 6) is 0.360. The van der Waals surface area contributed by atoms with Gasteiger partial charge in [0.15, 0.2) is 0 Å². The number of thiophene rings is 1. The standard InChI is InChI=1S/C12H14F3N3OS2/c1-6-7(2)21-11-9(6)10(19)17-8(18-11)5-16-3-4-20-12(13,14)15/h16H,3-5H2,1-2H3,(H,17,18,19). The summed E-state index contributed by atoms with van der Waals surface area (Å²) in [4.78, 5) is 20.7. The number of aryl methyl sites for hydroxylation is 2. The van der Waals surface area contributed by atoms with Crippen LogP contribution in [0, 0.1) is 13.8 Å². The number of hydrogen-bond donors (Lipinski definition) is 2. The summed E-state index contributed by atoms with van der Waals surface area (Å²) in [7, 11) is 0. The van der Waals surface area contributed by atoms with Crippen molar-refractivity contribution >= 4 is 33.3 Å². The van der Waals surface area contributed by atoms with E-state index in [4.69, 9.17) is 0 Å².